The van der Waals surface area contributed by atoms with Crippen LogP contribution in [0.4, 0.5) is 11.4 Å². The zero-order valence-corrected chi connectivity index (χ0v) is 13.5. The molecule has 0 saturated carbocycles. The van der Waals surface area contributed by atoms with Gasteiger partial charge in [-0.05, 0) is 32.3 Å². The first-order valence-corrected chi connectivity index (χ1v) is 7.61. The molecular formula is C14H17ClN4OS. The van der Waals surface area contributed by atoms with E-state index in [1.807, 2.05) is 43.3 Å². The summed E-state index contributed by atoms with van der Waals surface area (Å²) in [7, 11) is 3.72. The number of hydrogen-bond donors (Lipinski definition) is 2. The smallest absolute Gasteiger partial charge is 0.238 e. The van der Waals surface area contributed by atoms with Crippen LogP contribution in [-0.4, -0.2) is 36.4 Å². The number of amides is 1. The van der Waals surface area contributed by atoms with Crippen molar-refractivity contribution in [2.45, 2.75) is 6.54 Å². The Morgan fingerprint density at radius 1 is 1.38 bits per heavy atom. The predicted molar refractivity (Wildman–Crippen MR) is 88.1 cm³/mol. The summed E-state index contributed by atoms with van der Waals surface area (Å²) >= 11 is 7.24. The number of carbonyl (C=O) groups excluding carboxylic acids is 1. The molecule has 21 heavy (non-hydrogen) atoms. The molecule has 0 unspecified atom stereocenters. The molecule has 112 valence electrons. The molecular weight excluding hydrogens is 308 g/mol. The van der Waals surface area contributed by atoms with E-state index in [-0.39, 0.29) is 5.91 Å². The van der Waals surface area contributed by atoms with E-state index in [2.05, 4.69) is 15.6 Å². The van der Waals surface area contributed by atoms with Crippen LogP contribution in [0.1, 0.15) is 4.88 Å². The Labute approximate surface area is 132 Å². The van der Waals surface area contributed by atoms with Gasteiger partial charge in [-0.2, -0.15) is 0 Å². The van der Waals surface area contributed by atoms with Crippen LogP contribution in [0.15, 0.2) is 30.5 Å². The van der Waals surface area contributed by atoms with E-state index in [0.717, 1.165) is 16.3 Å². The summed E-state index contributed by atoms with van der Waals surface area (Å²) in [5.41, 5.74) is 1.70. The van der Waals surface area contributed by atoms with Crippen LogP contribution in [0, 0.1) is 0 Å². The van der Waals surface area contributed by atoms with Gasteiger partial charge < -0.3 is 15.5 Å². The maximum atomic E-state index is 11.7. The monoisotopic (exact) mass is 324 g/mol. The fourth-order valence-electron chi connectivity index (χ4n) is 1.75. The fraction of sp³-hybridized carbons (Fsp3) is 0.286. The lowest BCUT2D eigenvalue weighted by atomic mass is 10.2. The minimum atomic E-state index is -0.0358. The molecule has 0 fully saturated rings. The van der Waals surface area contributed by atoms with E-state index in [4.69, 9.17) is 11.6 Å². The third kappa shape index (κ3) is 5.34. The molecule has 7 heteroatoms. The lowest BCUT2D eigenvalue weighted by Crippen LogP contribution is -2.27. The maximum Gasteiger partial charge on any atom is 0.238 e. The molecule has 2 aromatic rings. The molecule has 5 nitrogen and oxygen atoms in total. The number of halogens is 1. The van der Waals surface area contributed by atoms with Gasteiger partial charge in [-0.25, -0.2) is 4.98 Å². The van der Waals surface area contributed by atoms with Crippen LogP contribution < -0.4 is 10.6 Å². The maximum absolute atomic E-state index is 11.7. The molecule has 0 radical (unpaired) electrons. The summed E-state index contributed by atoms with van der Waals surface area (Å²) in [6.45, 7) is 1.01. The number of nitrogens with one attached hydrogen (secondary N) is 2. The second kappa shape index (κ2) is 7.40. The van der Waals surface area contributed by atoms with Gasteiger partial charge in [-0.1, -0.05) is 17.7 Å². The van der Waals surface area contributed by atoms with Gasteiger partial charge in [0.2, 0.25) is 5.91 Å². The first kappa shape index (κ1) is 15.8. The van der Waals surface area contributed by atoms with Gasteiger partial charge in [0.1, 0.15) is 0 Å². The molecule has 1 heterocycles. The van der Waals surface area contributed by atoms with Crippen LogP contribution >= 0.6 is 22.9 Å². The van der Waals surface area contributed by atoms with Crippen molar-refractivity contribution < 1.29 is 4.79 Å². The van der Waals surface area contributed by atoms with Gasteiger partial charge in [0.05, 0.1) is 13.1 Å². The number of aromatic nitrogens is 1. The number of thiazole rings is 1. The summed E-state index contributed by atoms with van der Waals surface area (Å²) < 4.78 is 0.538. The summed E-state index contributed by atoms with van der Waals surface area (Å²) in [5, 5.41) is 6.14. The first-order valence-electron chi connectivity index (χ1n) is 6.41. The Hall–Kier alpha value is -1.63. The molecule has 1 aromatic heterocycles. The average molecular weight is 325 g/mol. The number of carbonyl (C=O) groups is 1. The topological polar surface area (TPSA) is 57.3 Å². The third-order valence-electron chi connectivity index (χ3n) is 2.60. The molecule has 0 aliphatic carbocycles. The summed E-state index contributed by atoms with van der Waals surface area (Å²) in [5.74, 6) is -0.0358. The molecule has 2 rings (SSSR count). The van der Waals surface area contributed by atoms with Gasteiger partial charge in [0.25, 0.3) is 0 Å². The first-order chi connectivity index (χ1) is 10.0. The highest BCUT2D eigenvalue weighted by atomic mass is 35.5. The predicted octanol–water partition coefficient (Wildman–Crippen LogP) is 2.91. The van der Waals surface area contributed by atoms with E-state index in [0.29, 0.717) is 17.6 Å². The zero-order valence-electron chi connectivity index (χ0n) is 11.9. The third-order valence-corrected chi connectivity index (χ3v) is 3.71. The summed E-state index contributed by atoms with van der Waals surface area (Å²) in [6, 6.07) is 7.61. The minimum Gasteiger partial charge on any atom is -0.380 e. The molecule has 0 atom stereocenters. The molecule has 0 spiro atoms. The molecule has 0 aliphatic heterocycles. The molecule has 2 N–H and O–H groups in total. The summed E-state index contributed by atoms with van der Waals surface area (Å²) in [4.78, 5) is 18.6. The number of hydrogen-bond acceptors (Lipinski definition) is 5. The van der Waals surface area contributed by atoms with Crippen LogP contribution in [0.2, 0.25) is 4.47 Å². The van der Waals surface area contributed by atoms with Crippen molar-refractivity contribution in [1.82, 2.24) is 9.88 Å². The molecule has 0 saturated heterocycles. The quantitative estimate of drug-likeness (QED) is 0.858. The van der Waals surface area contributed by atoms with Gasteiger partial charge in [0, 0.05) is 22.4 Å². The van der Waals surface area contributed by atoms with Gasteiger partial charge in [-0.3, -0.25) is 4.79 Å². The van der Waals surface area contributed by atoms with Crippen LogP contribution in [0.5, 0.6) is 0 Å². The van der Waals surface area contributed by atoms with Gasteiger partial charge in [-0.15, -0.1) is 11.3 Å². The van der Waals surface area contributed by atoms with Gasteiger partial charge >= 0.3 is 0 Å². The van der Waals surface area contributed by atoms with Crippen LogP contribution in [-0.2, 0) is 11.3 Å². The number of benzene rings is 1. The van der Waals surface area contributed by atoms with E-state index < -0.39 is 0 Å². The highest BCUT2D eigenvalue weighted by Gasteiger charge is 2.04. The zero-order chi connectivity index (χ0) is 15.2. The molecule has 1 aromatic carbocycles. The van der Waals surface area contributed by atoms with Crippen molar-refractivity contribution in [2.24, 2.45) is 0 Å². The molecule has 1 amide bonds. The Bertz CT molecular complexity index is 615. The average Bonchev–Trinajstić information content (AvgIpc) is 2.81. The van der Waals surface area contributed by atoms with Crippen molar-refractivity contribution >= 4 is 40.2 Å². The summed E-state index contributed by atoms with van der Waals surface area (Å²) in [6.07, 6.45) is 1.75. The van der Waals surface area contributed by atoms with Crippen LogP contribution in [0.25, 0.3) is 0 Å². The standard InChI is InChI=1S/C14H17ClN4OS/c1-19(2)9-13(20)18-11-5-3-4-10(6-11)16-7-12-8-17-14(15)21-12/h3-6,8,16H,7,9H2,1-2H3,(H,18,20). The Morgan fingerprint density at radius 2 is 2.14 bits per heavy atom. The van der Waals surface area contributed by atoms with Crippen LogP contribution in [0.3, 0.4) is 0 Å². The van der Waals surface area contributed by atoms with Crippen molar-refractivity contribution in [2.75, 3.05) is 31.3 Å². The Morgan fingerprint density at radius 3 is 2.81 bits per heavy atom. The fourth-order valence-corrected chi connectivity index (χ4v) is 2.67. The van der Waals surface area contributed by atoms with E-state index in [9.17, 15) is 4.79 Å². The highest BCUT2D eigenvalue weighted by Crippen LogP contribution is 2.20. The van der Waals surface area contributed by atoms with E-state index in [1.165, 1.54) is 11.3 Å². The number of likely N-dealkylation sites (N-methyl/N-ethyl adjacent to an activating group) is 1. The SMILES string of the molecule is CN(C)CC(=O)Nc1cccc(NCc2cnc(Cl)s2)c1. The number of rotatable bonds is 6. The second-order valence-electron chi connectivity index (χ2n) is 4.80. The Balaban J connectivity index is 1.92. The van der Waals surface area contributed by atoms with E-state index >= 15 is 0 Å². The minimum absolute atomic E-state index is 0.0358. The van der Waals surface area contributed by atoms with Crippen molar-refractivity contribution in [3.8, 4) is 0 Å². The largest absolute Gasteiger partial charge is 0.380 e. The normalized spacial score (nSPS) is 10.7. The second-order valence-corrected chi connectivity index (χ2v) is 6.50. The lowest BCUT2D eigenvalue weighted by molar-refractivity contribution is -0.116. The molecule has 0 aliphatic rings. The molecule has 0 bridgehead atoms. The Kier molecular flexibility index (Phi) is 5.55. The van der Waals surface area contributed by atoms with Gasteiger partial charge in [0.15, 0.2) is 4.47 Å². The number of nitrogens with zero attached hydrogens (tertiary/aromatic N) is 2. The van der Waals surface area contributed by atoms with E-state index in [1.54, 1.807) is 6.20 Å². The van der Waals surface area contributed by atoms with Crippen molar-refractivity contribution in [1.29, 1.82) is 0 Å². The van der Waals surface area contributed by atoms with Crippen molar-refractivity contribution in [3.05, 3.63) is 39.8 Å². The number of anilines is 2. The lowest BCUT2D eigenvalue weighted by Gasteiger charge is -2.11. The highest BCUT2D eigenvalue weighted by molar-refractivity contribution is 7.15. The van der Waals surface area contributed by atoms with Crippen molar-refractivity contribution in [3.63, 3.8) is 0 Å².